The van der Waals surface area contributed by atoms with Crippen molar-refractivity contribution in [2.45, 2.75) is 16.0 Å². The summed E-state index contributed by atoms with van der Waals surface area (Å²) in [5, 5.41) is 0. The number of benzene rings is 3. The minimum atomic E-state index is -4.51. The number of hydrogen-bond donors (Lipinski definition) is 0. The van der Waals surface area contributed by atoms with Crippen LogP contribution >= 0.6 is 11.8 Å². The molecule has 0 saturated carbocycles. The summed E-state index contributed by atoms with van der Waals surface area (Å²) in [6, 6.07) is 17.2. The van der Waals surface area contributed by atoms with E-state index in [-0.39, 0.29) is 12.3 Å². The van der Waals surface area contributed by atoms with Crippen molar-refractivity contribution in [2.24, 2.45) is 0 Å². The van der Waals surface area contributed by atoms with Crippen LogP contribution in [-0.4, -0.2) is 19.6 Å². The predicted octanol–water partition coefficient (Wildman–Crippen LogP) is 5.92. The number of alkyl halides is 3. The van der Waals surface area contributed by atoms with Gasteiger partial charge in [0.25, 0.3) is 5.91 Å². The SMILES string of the molecule is COc1ccc(OCC(=O)N2c3ccccc3Sc3ccc(C(F)(F)F)cc32)cc1. The number of ether oxygens (including phenoxy) is 2. The Kier molecular flexibility index (Phi) is 5.34. The molecule has 4 rings (SSSR count). The van der Waals surface area contributed by atoms with Gasteiger partial charge < -0.3 is 9.47 Å². The van der Waals surface area contributed by atoms with Crippen molar-refractivity contribution < 1.29 is 27.4 Å². The lowest BCUT2D eigenvalue weighted by Crippen LogP contribution is -2.33. The van der Waals surface area contributed by atoms with Gasteiger partial charge in [-0.15, -0.1) is 0 Å². The minimum absolute atomic E-state index is 0.192. The van der Waals surface area contributed by atoms with Gasteiger partial charge in [-0.2, -0.15) is 13.2 Å². The van der Waals surface area contributed by atoms with Crippen LogP contribution in [0.5, 0.6) is 11.5 Å². The summed E-state index contributed by atoms with van der Waals surface area (Å²) in [5.41, 5.74) is -0.0929. The molecule has 0 aromatic heterocycles. The molecular formula is C22H16F3NO3S. The van der Waals surface area contributed by atoms with Crippen LogP contribution in [0.1, 0.15) is 5.56 Å². The Balaban J connectivity index is 1.66. The standard InChI is InChI=1S/C22H16F3NO3S/c1-28-15-7-9-16(10-8-15)29-13-21(27)26-17-4-2-3-5-19(17)30-20-11-6-14(12-18(20)26)22(23,24)25/h2-12H,13H2,1H3. The van der Waals surface area contributed by atoms with Gasteiger partial charge in [-0.05, 0) is 54.6 Å². The highest BCUT2D eigenvalue weighted by molar-refractivity contribution is 7.99. The number of carbonyl (C=O) groups excluding carboxylic acids is 1. The normalized spacial score (nSPS) is 12.7. The smallest absolute Gasteiger partial charge is 0.416 e. The molecule has 154 valence electrons. The Labute approximate surface area is 175 Å². The number of fused-ring (bicyclic) bond motifs is 2. The van der Waals surface area contributed by atoms with E-state index < -0.39 is 17.6 Å². The van der Waals surface area contributed by atoms with Crippen LogP contribution in [0.15, 0.2) is 76.5 Å². The Morgan fingerprint density at radius 1 is 0.933 bits per heavy atom. The number of halogens is 3. The lowest BCUT2D eigenvalue weighted by molar-refractivity contribution is -0.137. The van der Waals surface area contributed by atoms with Crippen LogP contribution < -0.4 is 14.4 Å². The van der Waals surface area contributed by atoms with Gasteiger partial charge in [0.05, 0.1) is 24.0 Å². The van der Waals surface area contributed by atoms with Gasteiger partial charge in [0.1, 0.15) is 11.5 Å². The van der Waals surface area contributed by atoms with Gasteiger partial charge in [-0.3, -0.25) is 9.69 Å². The number of hydrogen-bond acceptors (Lipinski definition) is 4. The van der Waals surface area contributed by atoms with Crippen LogP contribution in [0, 0.1) is 0 Å². The second kappa shape index (κ2) is 7.95. The predicted molar refractivity (Wildman–Crippen MR) is 108 cm³/mol. The molecule has 0 saturated heterocycles. The van der Waals surface area contributed by atoms with Gasteiger partial charge in [0.2, 0.25) is 0 Å². The summed E-state index contributed by atoms with van der Waals surface area (Å²) < 4.78 is 50.5. The molecule has 8 heteroatoms. The summed E-state index contributed by atoms with van der Waals surface area (Å²) in [7, 11) is 1.54. The fraction of sp³-hybridized carbons (Fsp3) is 0.136. The first-order valence-corrected chi connectivity index (χ1v) is 9.76. The van der Waals surface area contributed by atoms with E-state index in [1.54, 1.807) is 36.4 Å². The van der Waals surface area contributed by atoms with E-state index >= 15 is 0 Å². The molecule has 1 amide bonds. The molecule has 0 bridgehead atoms. The Morgan fingerprint density at radius 2 is 1.60 bits per heavy atom. The van der Waals surface area contributed by atoms with Crippen molar-refractivity contribution >= 4 is 29.0 Å². The third kappa shape index (κ3) is 3.95. The third-order valence-corrected chi connectivity index (χ3v) is 5.65. The van der Waals surface area contributed by atoms with E-state index in [9.17, 15) is 18.0 Å². The van der Waals surface area contributed by atoms with E-state index in [2.05, 4.69) is 0 Å². The van der Waals surface area contributed by atoms with Crippen molar-refractivity contribution in [2.75, 3.05) is 18.6 Å². The zero-order valence-corrected chi connectivity index (χ0v) is 16.6. The molecule has 0 N–H and O–H groups in total. The first-order chi connectivity index (χ1) is 14.4. The molecule has 0 atom stereocenters. The molecule has 0 spiro atoms. The Morgan fingerprint density at radius 3 is 2.30 bits per heavy atom. The number of methoxy groups -OCH3 is 1. The van der Waals surface area contributed by atoms with Crippen molar-refractivity contribution in [1.29, 1.82) is 0 Å². The van der Waals surface area contributed by atoms with E-state index in [1.807, 2.05) is 12.1 Å². The summed E-state index contributed by atoms with van der Waals surface area (Å²) in [4.78, 5) is 15.7. The number of carbonyl (C=O) groups is 1. The molecule has 1 aliphatic heterocycles. The zero-order valence-electron chi connectivity index (χ0n) is 15.8. The fourth-order valence-corrected chi connectivity index (χ4v) is 4.12. The van der Waals surface area contributed by atoms with Crippen molar-refractivity contribution in [3.05, 3.63) is 72.3 Å². The van der Waals surface area contributed by atoms with Crippen LogP contribution in [0.3, 0.4) is 0 Å². The van der Waals surface area contributed by atoms with E-state index in [0.29, 0.717) is 22.1 Å². The maximum atomic E-state index is 13.3. The molecule has 1 aliphatic rings. The summed E-state index contributed by atoms with van der Waals surface area (Å²) in [5.74, 6) is 0.622. The number of para-hydroxylation sites is 1. The summed E-state index contributed by atoms with van der Waals surface area (Å²) in [6.45, 7) is -0.332. The average molecular weight is 431 g/mol. The molecule has 0 radical (unpaired) electrons. The van der Waals surface area contributed by atoms with Crippen LogP contribution in [0.25, 0.3) is 0 Å². The van der Waals surface area contributed by atoms with Crippen molar-refractivity contribution in [3.63, 3.8) is 0 Å². The highest BCUT2D eigenvalue weighted by Crippen LogP contribution is 2.49. The van der Waals surface area contributed by atoms with Gasteiger partial charge in [-0.1, -0.05) is 23.9 Å². The molecular weight excluding hydrogens is 415 g/mol. The minimum Gasteiger partial charge on any atom is -0.497 e. The first kappa shape index (κ1) is 20.2. The number of amides is 1. The molecule has 0 fully saturated rings. The largest absolute Gasteiger partial charge is 0.497 e. The highest BCUT2D eigenvalue weighted by Gasteiger charge is 2.34. The summed E-state index contributed by atoms with van der Waals surface area (Å²) in [6.07, 6.45) is -4.51. The first-order valence-electron chi connectivity index (χ1n) is 8.95. The van der Waals surface area contributed by atoms with Crippen LogP contribution in [0.2, 0.25) is 0 Å². The number of rotatable bonds is 4. The fourth-order valence-electron chi connectivity index (χ4n) is 3.08. The molecule has 4 nitrogen and oxygen atoms in total. The maximum Gasteiger partial charge on any atom is 0.416 e. The monoisotopic (exact) mass is 431 g/mol. The Hall–Kier alpha value is -3.13. The van der Waals surface area contributed by atoms with Crippen molar-refractivity contribution in [1.82, 2.24) is 0 Å². The van der Waals surface area contributed by atoms with Gasteiger partial charge >= 0.3 is 6.18 Å². The molecule has 0 aliphatic carbocycles. The Bertz CT molecular complexity index is 1080. The molecule has 0 unspecified atom stereocenters. The van der Waals surface area contributed by atoms with E-state index in [4.69, 9.17) is 9.47 Å². The maximum absolute atomic E-state index is 13.3. The van der Waals surface area contributed by atoms with Gasteiger partial charge in [0.15, 0.2) is 6.61 Å². The third-order valence-electron chi connectivity index (χ3n) is 4.52. The molecule has 3 aromatic carbocycles. The zero-order chi connectivity index (χ0) is 21.3. The van der Waals surface area contributed by atoms with Crippen LogP contribution in [-0.2, 0) is 11.0 Å². The average Bonchev–Trinajstić information content (AvgIpc) is 2.75. The second-order valence-electron chi connectivity index (χ2n) is 6.44. The summed E-state index contributed by atoms with van der Waals surface area (Å²) >= 11 is 1.33. The van der Waals surface area contributed by atoms with Gasteiger partial charge in [-0.25, -0.2) is 0 Å². The van der Waals surface area contributed by atoms with Gasteiger partial charge in [0, 0.05) is 9.79 Å². The van der Waals surface area contributed by atoms with E-state index in [0.717, 1.165) is 17.0 Å². The van der Waals surface area contributed by atoms with Crippen LogP contribution in [0.4, 0.5) is 24.5 Å². The number of anilines is 2. The van der Waals surface area contributed by atoms with E-state index in [1.165, 1.54) is 29.8 Å². The second-order valence-corrected chi connectivity index (χ2v) is 7.53. The highest BCUT2D eigenvalue weighted by atomic mass is 32.2. The topological polar surface area (TPSA) is 38.8 Å². The lowest BCUT2D eigenvalue weighted by atomic mass is 10.1. The quantitative estimate of drug-likeness (QED) is 0.514. The van der Waals surface area contributed by atoms with Crippen molar-refractivity contribution in [3.8, 4) is 11.5 Å². The molecule has 30 heavy (non-hydrogen) atoms. The molecule has 3 aromatic rings. The number of nitrogens with zero attached hydrogens (tertiary/aromatic N) is 1. The lowest BCUT2D eigenvalue weighted by Gasteiger charge is -2.31. The molecule has 1 heterocycles.